The van der Waals surface area contributed by atoms with Crippen molar-refractivity contribution in [2.24, 2.45) is 4.99 Å². The second kappa shape index (κ2) is 9.02. The second-order valence-corrected chi connectivity index (χ2v) is 4.65. The van der Waals surface area contributed by atoms with Gasteiger partial charge in [-0.15, -0.1) is 0 Å². The van der Waals surface area contributed by atoms with Gasteiger partial charge in [0.1, 0.15) is 0 Å². The van der Waals surface area contributed by atoms with Crippen LogP contribution in [-0.2, 0) is 22.3 Å². The predicted molar refractivity (Wildman–Crippen MR) is 80.9 cm³/mol. The Bertz CT molecular complexity index is 545. The number of methoxy groups -OCH3 is 1. The molecule has 0 saturated carbocycles. The number of hydrogen-bond acceptors (Lipinski definition) is 3. The van der Waals surface area contributed by atoms with Crippen LogP contribution < -0.4 is 10.6 Å². The van der Waals surface area contributed by atoms with E-state index in [9.17, 15) is 18.0 Å². The lowest BCUT2D eigenvalue weighted by atomic mass is 10.1. The van der Waals surface area contributed by atoms with E-state index in [-0.39, 0.29) is 18.9 Å². The first-order valence-corrected chi connectivity index (χ1v) is 7.12. The Hall–Kier alpha value is -2.25. The lowest BCUT2D eigenvalue weighted by Crippen LogP contribution is -2.38. The Morgan fingerprint density at radius 3 is 2.65 bits per heavy atom. The van der Waals surface area contributed by atoms with Crippen LogP contribution in [0.25, 0.3) is 0 Å². The molecule has 5 nitrogen and oxygen atoms in total. The molecule has 23 heavy (non-hydrogen) atoms. The van der Waals surface area contributed by atoms with Crippen LogP contribution in [0.4, 0.5) is 13.2 Å². The van der Waals surface area contributed by atoms with Crippen LogP contribution in [0.1, 0.15) is 24.5 Å². The Morgan fingerprint density at radius 2 is 2.04 bits per heavy atom. The molecular formula is C15H20F3N3O2. The number of alkyl halides is 3. The van der Waals surface area contributed by atoms with Crippen molar-refractivity contribution in [1.29, 1.82) is 0 Å². The van der Waals surface area contributed by atoms with E-state index in [1.165, 1.54) is 13.2 Å². The minimum absolute atomic E-state index is 0.0947. The van der Waals surface area contributed by atoms with E-state index in [4.69, 9.17) is 0 Å². The van der Waals surface area contributed by atoms with E-state index in [1.807, 2.05) is 6.92 Å². The number of ether oxygens (including phenoxy) is 1. The van der Waals surface area contributed by atoms with Crippen LogP contribution >= 0.6 is 0 Å². The average molecular weight is 331 g/mol. The summed E-state index contributed by atoms with van der Waals surface area (Å²) in [6.45, 7) is 2.87. The first-order chi connectivity index (χ1) is 10.9. The molecule has 128 valence electrons. The number of carbonyl (C=O) groups excluding carboxylic acids is 1. The molecule has 8 heteroatoms. The molecule has 0 heterocycles. The standard InChI is InChI=1S/C15H20F3N3O2/c1-3-19-14(20-8-7-13(22)23-2)21-10-11-5-4-6-12(9-11)15(16,17)18/h4-6,9H,3,7-8,10H2,1-2H3,(H2,19,20,21). The van der Waals surface area contributed by atoms with Crippen molar-refractivity contribution < 1.29 is 22.7 Å². The summed E-state index contributed by atoms with van der Waals surface area (Å²) in [6.07, 6.45) is -4.20. The summed E-state index contributed by atoms with van der Waals surface area (Å²) < 4.78 is 42.5. The summed E-state index contributed by atoms with van der Waals surface area (Å²) in [6, 6.07) is 5.02. The van der Waals surface area contributed by atoms with E-state index in [0.29, 0.717) is 24.6 Å². The van der Waals surface area contributed by atoms with Crippen LogP contribution in [0.15, 0.2) is 29.3 Å². The molecule has 0 saturated heterocycles. The van der Waals surface area contributed by atoms with E-state index in [0.717, 1.165) is 12.1 Å². The highest BCUT2D eigenvalue weighted by Crippen LogP contribution is 2.29. The summed E-state index contributed by atoms with van der Waals surface area (Å²) in [5.41, 5.74) is -0.251. The van der Waals surface area contributed by atoms with Crippen molar-refractivity contribution in [1.82, 2.24) is 10.6 Å². The van der Waals surface area contributed by atoms with Crippen LogP contribution in [0.5, 0.6) is 0 Å². The van der Waals surface area contributed by atoms with E-state index >= 15 is 0 Å². The van der Waals surface area contributed by atoms with Gasteiger partial charge in [0.2, 0.25) is 0 Å². The molecule has 0 aliphatic rings. The molecule has 0 radical (unpaired) electrons. The number of halogens is 3. The Morgan fingerprint density at radius 1 is 1.30 bits per heavy atom. The topological polar surface area (TPSA) is 62.7 Å². The number of guanidine groups is 1. The first-order valence-electron chi connectivity index (χ1n) is 7.12. The fourth-order valence-corrected chi connectivity index (χ4v) is 1.74. The Labute approximate surface area is 132 Å². The zero-order chi connectivity index (χ0) is 17.3. The predicted octanol–water partition coefficient (Wildman–Crippen LogP) is 2.32. The normalized spacial score (nSPS) is 12.0. The molecule has 2 N–H and O–H groups in total. The van der Waals surface area contributed by atoms with Gasteiger partial charge < -0.3 is 15.4 Å². The molecule has 0 aliphatic heterocycles. The largest absolute Gasteiger partial charge is 0.469 e. The molecule has 1 aromatic carbocycles. The van der Waals surface area contributed by atoms with Gasteiger partial charge in [0.05, 0.1) is 25.6 Å². The van der Waals surface area contributed by atoms with E-state index in [2.05, 4.69) is 20.4 Å². The quantitative estimate of drug-likeness (QED) is 0.477. The number of esters is 1. The van der Waals surface area contributed by atoms with Crippen molar-refractivity contribution in [3.63, 3.8) is 0 Å². The number of benzene rings is 1. The maximum absolute atomic E-state index is 12.7. The highest BCUT2D eigenvalue weighted by Gasteiger charge is 2.30. The molecule has 0 unspecified atom stereocenters. The molecule has 0 atom stereocenters. The number of rotatable bonds is 6. The summed E-state index contributed by atoms with van der Waals surface area (Å²) in [5, 5.41) is 5.87. The molecule has 0 bridgehead atoms. The number of hydrogen-bond donors (Lipinski definition) is 2. The molecule has 0 aromatic heterocycles. The van der Waals surface area contributed by atoms with E-state index in [1.54, 1.807) is 6.07 Å². The Kier molecular flexibility index (Phi) is 7.37. The molecule has 0 spiro atoms. The first kappa shape index (κ1) is 18.8. The van der Waals surface area contributed by atoms with Gasteiger partial charge >= 0.3 is 12.1 Å². The SMILES string of the molecule is CCNC(=NCc1cccc(C(F)(F)F)c1)NCCC(=O)OC. The lowest BCUT2D eigenvalue weighted by Gasteiger charge is -2.11. The van der Waals surface area contributed by atoms with Gasteiger partial charge in [-0.2, -0.15) is 13.2 Å². The third-order valence-corrected chi connectivity index (χ3v) is 2.87. The van der Waals surface area contributed by atoms with Gasteiger partial charge in [-0.25, -0.2) is 4.99 Å². The van der Waals surface area contributed by atoms with Crippen LogP contribution in [-0.4, -0.2) is 32.1 Å². The number of aliphatic imine (C=N–C) groups is 1. The maximum Gasteiger partial charge on any atom is 0.416 e. The highest BCUT2D eigenvalue weighted by atomic mass is 19.4. The van der Waals surface area contributed by atoms with Gasteiger partial charge in [0.25, 0.3) is 0 Å². The minimum Gasteiger partial charge on any atom is -0.469 e. The van der Waals surface area contributed by atoms with Crippen molar-refractivity contribution in [2.75, 3.05) is 20.2 Å². The van der Waals surface area contributed by atoms with Gasteiger partial charge in [-0.1, -0.05) is 12.1 Å². The Balaban J connectivity index is 2.68. The van der Waals surface area contributed by atoms with Crippen molar-refractivity contribution >= 4 is 11.9 Å². The molecular weight excluding hydrogens is 311 g/mol. The second-order valence-electron chi connectivity index (χ2n) is 4.65. The number of nitrogens with zero attached hydrogens (tertiary/aromatic N) is 1. The fraction of sp³-hybridized carbons (Fsp3) is 0.467. The fourth-order valence-electron chi connectivity index (χ4n) is 1.74. The van der Waals surface area contributed by atoms with Crippen LogP contribution in [0.3, 0.4) is 0 Å². The average Bonchev–Trinajstić information content (AvgIpc) is 2.51. The molecule has 1 aromatic rings. The summed E-state index contributed by atoms with van der Waals surface area (Å²) >= 11 is 0. The van der Waals surface area contributed by atoms with Crippen molar-refractivity contribution in [3.05, 3.63) is 35.4 Å². The third kappa shape index (κ3) is 7.03. The third-order valence-electron chi connectivity index (χ3n) is 2.87. The van der Waals surface area contributed by atoms with E-state index < -0.39 is 11.7 Å². The zero-order valence-corrected chi connectivity index (χ0v) is 13.0. The van der Waals surface area contributed by atoms with Gasteiger partial charge in [-0.05, 0) is 24.6 Å². The molecule has 1 rings (SSSR count). The minimum atomic E-state index is -4.37. The smallest absolute Gasteiger partial charge is 0.416 e. The summed E-state index contributed by atoms with van der Waals surface area (Å²) in [4.78, 5) is 15.2. The summed E-state index contributed by atoms with van der Waals surface area (Å²) in [7, 11) is 1.30. The molecule has 0 aliphatic carbocycles. The monoisotopic (exact) mass is 331 g/mol. The number of nitrogens with one attached hydrogen (secondary N) is 2. The van der Waals surface area contributed by atoms with Gasteiger partial charge in [0.15, 0.2) is 5.96 Å². The number of carbonyl (C=O) groups is 1. The molecule has 0 fully saturated rings. The maximum atomic E-state index is 12.7. The highest BCUT2D eigenvalue weighted by molar-refractivity contribution is 5.80. The van der Waals surface area contributed by atoms with Crippen molar-refractivity contribution in [3.8, 4) is 0 Å². The van der Waals surface area contributed by atoms with Crippen LogP contribution in [0.2, 0.25) is 0 Å². The van der Waals surface area contributed by atoms with Crippen molar-refractivity contribution in [2.45, 2.75) is 26.1 Å². The molecule has 0 amide bonds. The van der Waals surface area contributed by atoms with Gasteiger partial charge in [0, 0.05) is 13.1 Å². The van der Waals surface area contributed by atoms with Crippen LogP contribution in [0, 0.1) is 0 Å². The summed E-state index contributed by atoms with van der Waals surface area (Å²) in [5.74, 6) is 0.0695. The van der Waals surface area contributed by atoms with Gasteiger partial charge in [-0.3, -0.25) is 4.79 Å². The lowest BCUT2D eigenvalue weighted by molar-refractivity contribution is -0.140. The zero-order valence-electron chi connectivity index (χ0n) is 13.0.